The molecule has 0 spiro atoms. The van der Waals surface area contributed by atoms with Crippen molar-refractivity contribution in [3.63, 3.8) is 0 Å². The monoisotopic (exact) mass is 233 g/mol. The molecule has 0 bridgehead atoms. The Bertz CT molecular complexity index is 569. The first-order chi connectivity index (χ1) is 7.99. The summed E-state index contributed by atoms with van der Waals surface area (Å²) in [6.07, 6.45) is 1.72. The van der Waals surface area contributed by atoms with Gasteiger partial charge in [0.15, 0.2) is 0 Å². The molecule has 0 saturated carbocycles. The molecule has 17 heavy (non-hydrogen) atoms. The minimum Gasteiger partial charge on any atom is -0.491 e. The molecule has 0 fully saturated rings. The van der Waals surface area contributed by atoms with E-state index in [9.17, 15) is 4.79 Å². The summed E-state index contributed by atoms with van der Waals surface area (Å²) in [6, 6.07) is 5.45. The van der Waals surface area contributed by atoms with E-state index >= 15 is 0 Å². The third-order valence-electron chi connectivity index (χ3n) is 2.56. The summed E-state index contributed by atoms with van der Waals surface area (Å²) < 4.78 is 7.38. The molecule has 0 aliphatic heterocycles. The van der Waals surface area contributed by atoms with Crippen molar-refractivity contribution in [2.75, 3.05) is 0 Å². The molecule has 1 heterocycles. The van der Waals surface area contributed by atoms with E-state index in [4.69, 9.17) is 9.84 Å². The van der Waals surface area contributed by atoms with Gasteiger partial charge in [-0.2, -0.15) is 0 Å². The van der Waals surface area contributed by atoms with E-state index in [1.807, 2.05) is 27.0 Å². The molecule has 0 aliphatic carbocycles. The Labute approximate surface area is 99.4 Å². The molecule has 2 rings (SSSR count). The summed E-state index contributed by atoms with van der Waals surface area (Å²) in [6.45, 7) is 3.91. The number of hydrogen-bond acceptors (Lipinski definition) is 2. The molecular weight excluding hydrogens is 218 g/mol. The smallest absolute Gasteiger partial charge is 0.337 e. The summed E-state index contributed by atoms with van der Waals surface area (Å²) >= 11 is 0. The molecule has 0 unspecified atom stereocenters. The summed E-state index contributed by atoms with van der Waals surface area (Å²) in [5.41, 5.74) is 1.18. The van der Waals surface area contributed by atoms with Crippen LogP contribution in [-0.4, -0.2) is 21.7 Å². The predicted octanol–water partition coefficient (Wildman–Crippen LogP) is 2.66. The van der Waals surface area contributed by atoms with Crippen molar-refractivity contribution >= 4 is 16.9 Å². The average molecular weight is 233 g/mol. The van der Waals surface area contributed by atoms with Crippen LogP contribution in [0.2, 0.25) is 0 Å². The number of carboxylic acid groups (broad SMARTS) is 1. The molecule has 2 aromatic rings. The summed E-state index contributed by atoms with van der Waals surface area (Å²) in [4.78, 5) is 11.0. The molecular formula is C13H15NO3. The van der Waals surface area contributed by atoms with Crippen molar-refractivity contribution in [1.29, 1.82) is 0 Å². The fourth-order valence-electron chi connectivity index (χ4n) is 1.88. The van der Waals surface area contributed by atoms with Crippen LogP contribution in [0.25, 0.3) is 10.9 Å². The number of carbonyl (C=O) groups is 1. The van der Waals surface area contributed by atoms with Gasteiger partial charge in [0.25, 0.3) is 0 Å². The van der Waals surface area contributed by atoms with Gasteiger partial charge in [0, 0.05) is 24.7 Å². The topological polar surface area (TPSA) is 51.5 Å². The first-order valence-corrected chi connectivity index (χ1v) is 5.48. The van der Waals surface area contributed by atoms with Gasteiger partial charge in [-0.25, -0.2) is 4.79 Å². The van der Waals surface area contributed by atoms with E-state index in [1.54, 1.807) is 22.9 Å². The largest absolute Gasteiger partial charge is 0.491 e. The number of fused-ring (bicyclic) bond motifs is 1. The molecule has 4 heteroatoms. The van der Waals surface area contributed by atoms with Gasteiger partial charge in [-0.1, -0.05) is 0 Å². The van der Waals surface area contributed by atoms with Crippen molar-refractivity contribution in [3.05, 3.63) is 30.0 Å². The third kappa shape index (κ3) is 2.11. The second-order valence-electron chi connectivity index (χ2n) is 4.30. The number of rotatable bonds is 3. The van der Waals surface area contributed by atoms with Crippen LogP contribution in [0.15, 0.2) is 24.4 Å². The molecule has 0 aliphatic rings. The first-order valence-electron chi connectivity index (χ1n) is 5.48. The predicted molar refractivity (Wildman–Crippen MR) is 65.6 cm³/mol. The average Bonchev–Trinajstić information content (AvgIpc) is 2.55. The number of aryl methyl sites for hydroxylation is 1. The minimum absolute atomic E-state index is 0.103. The Balaban J connectivity index is 2.55. The van der Waals surface area contributed by atoms with Gasteiger partial charge in [-0.3, -0.25) is 0 Å². The van der Waals surface area contributed by atoms with Crippen molar-refractivity contribution in [1.82, 2.24) is 4.57 Å². The van der Waals surface area contributed by atoms with E-state index in [2.05, 4.69) is 0 Å². The Kier molecular flexibility index (Phi) is 2.79. The highest BCUT2D eigenvalue weighted by Gasteiger charge is 2.13. The molecule has 0 radical (unpaired) electrons. The molecule has 1 N–H and O–H groups in total. The van der Waals surface area contributed by atoms with Crippen LogP contribution in [0.4, 0.5) is 0 Å². The second kappa shape index (κ2) is 4.13. The van der Waals surface area contributed by atoms with Crippen molar-refractivity contribution < 1.29 is 14.6 Å². The lowest BCUT2D eigenvalue weighted by atomic mass is 10.2. The van der Waals surface area contributed by atoms with Crippen LogP contribution in [0.1, 0.15) is 24.2 Å². The lowest BCUT2D eigenvalue weighted by Gasteiger charge is -2.09. The van der Waals surface area contributed by atoms with E-state index < -0.39 is 5.97 Å². The van der Waals surface area contributed by atoms with Crippen LogP contribution in [-0.2, 0) is 7.05 Å². The van der Waals surface area contributed by atoms with Gasteiger partial charge in [-0.15, -0.1) is 0 Å². The minimum atomic E-state index is -0.909. The van der Waals surface area contributed by atoms with E-state index in [1.165, 1.54) is 0 Å². The standard InChI is InChI=1S/C13H15NO3/c1-8(2)17-9-4-5-10-11(13(15)16)7-14(3)12(10)6-9/h4-8H,1-3H3,(H,15,16). The second-order valence-corrected chi connectivity index (χ2v) is 4.30. The molecule has 1 aromatic heterocycles. The highest BCUT2D eigenvalue weighted by molar-refractivity contribution is 6.03. The third-order valence-corrected chi connectivity index (χ3v) is 2.56. The quantitative estimate of drug-likeness (QED) is 0.886. The fourth-order valence-corrected chi connectivity index (χ4v) is 1.88. The summed E-state index contributed by atoms with van der Waals surface area (Å²) in [5.74, 6) is -0.154. The molecule has 4 nitrogen and oxygen atoms in total. The lowest BCUT2D eigenvalue weighted by Crippen LogP contribution is -2.05. The molecule has 90 valence electrons. The Morgan fingerprint density at radius 2 is 2.12 bits per heavy atom. The van der Waals surface area contributed by atoms with E-state index in [0.717, 1.165) is 16.7 Å². The number of aromatic carboxylic acids is 1. The van der Waals surface area contributed by atoms with Gasteiger partial charge >= 0.3 is 5.97 Å². The van der Waals surface area contributed by atoms with Gasteiger partial charge in [0.2, 0.25) is 0 Å². The van der Waals surface area contributed by atoms with Crippen LogP contribution in [0, 0.1) is 0 Å². The highest BCUT2D eigenvalue weighted by Crippen LogP contribution is 2.25. The maximum Gasteiger partial charge on any atom is 0.337 e. The lowest BCUT2D eigenvalue weighted by molar-refractivity contribution is 0.0699. The highest BCUT2D eigenvalue weighted by atomic mass is 16.5. The zero-order chi connectivity index (χ0) is 12.6. The molecule has 0 amide bonds. The summed E-state index contributed by atoms with van der Waals surface area (Å²) in [5, 5.41) is 9.80. The van der Waals surface area contributed by atoms with E-state index in [-0.39, 0.29) is 6.10 Å². The maximum atomic E-state index is 11.0. The van der Waals surface area contributed by atoms with Crippen molar-refractivity contribution in [2.24, 2.45) is 7.05 Å². The van der Waals surface area contributed by atoms with Crippen LogP contribution in [0.5, 0.6) is 5.75 Å². The Hall–Kier alpha value is -1.97. The van der Waals surface area contributed by atoms with E-state index in [0.29, 0.717) is 5.56 Å². The molecule has 0 saturated heterocycles. The van der Waals surface area contributed by atoms with Crippen molar-refractivity contribution in [2.45, 2.75) is 20.0 Å². The van der Waals surface area contributed by atoms with Crippen LogP contribution in [0.3, 0.4) is 0 Å². The first kappa shape index (κ1) is 11.5. The van der Waals surface area contributed by atoms with Gasteiger partial charge in [0.05, 0.1) is 17.2 Å². The van der Waals surface area contributed by atoms with Crippen LogP contribution < -0.4 is 4.74 Å². The fraction of sp³-hybridized carbons (Fsp3) is 0.308. The SMILES string of the molecule is CC(C)Oc1ccc2c(C(=O)O)cn(C)c2c1. The number of carboxylic acids is 1. The van der Waals surface area contributed by atoms with Gasteiger partial charge < -0.3 is 14.4 Å². The number of hydrogen-bond donors (Lipinski definition) is 1. The molecule has 0 atom stereocenters. The van der Waals surface area contributed by atoms with Crippen LogP contribution >= 0.6 is 0 Å². The Morgan fingerprint density at radius 3 is 2.71 bits per heavy atom. The van der Waals surface area contributed by atoms with Gasteiger partial charge in [0.1, 0.15) is 5.75 Å². The Morgan fingerprint density at radius 1 is 1.41 bits per heavy atom. The zero-order valence-corrected chi connectivity index (χ0v) is 10.1. The molecule has 1 aromatic carbocycles. The zero-order valence-electron chi connectivity index (χ0n) is 10.1. The number of aromatic nitrogens is 1. The number of benzene rings is 1. The maximum absolute atomic E-state index is 11.0. The number of nitrogens with zero attached hydrogens (tertiary/aromatic N) is 1. The normalized spacial score (nSPS) is 11.1. The summed E-state index contributed by atoms with van der Waals surface area (Å²) in [7, 11) is 1.83. The van der Waals surface area contributed by atoms with Crippen molar-refractivity contribution in [3.8, 4) is 5.75 Å². The number of ether oxygens (including phenoxy) is 1. The van der Waals surface area contributed by atoms with Gasteiger partial charge in [-0.05, 0) is 26.0 Å².